The Balaban J connectivity index is 1.47. The lowest BCUT2D eigenvalue weighted by molar-refractivity contribution is -0.118. The molecule has 5 rings (SSSR count). The highest BCUT2D eigenvalue weighted by atomic mass is 35.5. The number of fused-ring (bicyclic) bond motifs is 1. The van der Waals surface area contributed by atoms with Gasteiger partial charge in [-0.1, -0.05) is 29.8 Å². The molecule has 1 aromatic heterocycles. The van der Waals surface area contributed by atoms with Crippen LogP contribution in [0.1, 0.15) is 5.56 Å². The summed E-state index contributed by atoms with van der Waals surface area (Å²) in [6, 6.07) is 16.6. The Morgan fingerprint density at radius 3 is 2.38 bits per heavy atom. The third-order valence-electron chi connectivity index (χ3n) is 6.49. The predicted octanol–water partition coefficient (Wildman–Crippen LogP) is 5.73. The number of sulfonamides is 1. The van der Waals surface area contributed by atoms with Gasteiger partial charge < -0.3 is 14.5 Å². The molecule has 9 nitrogen and oxygen atoms in total. The van der Waals surface area contributed by atoms with Crippen molar-refractivity contribution in [1.82, 2.24) is 9.97 Å². The number of morpholine rings is 1. The van der Waals surface area contributed by atoms with E-state index in [0.717, 1.165) is 16.7 Å². The van der Waals surface area contributed by atoms with E-state index >= 15 is 0 Å². The van der Waals surface area contributed by atoms with Gasteiger partial charge in [-0.25, -0.2) is 13.4 Å². The van der Waals surface area contributed by atoms with Gasteiger partial charge in [0.1, 0.15) is 12.6 Å². The normalized spacial score (nSPS) is 14.0. The Hall–Kier alpha value is -4.12. The topological polar surface area (TPSA) is 111 Å². The standard InChI is InChI=1S/C28H24ClF3N6O3S/c1-42(39,40)36-26-16-34-25-13-19(4-7-24(25)35-26)18-2-5-21(6-3-18)38(17-28(30,31)32)22-12-20(15-33)27(23(29)14-22)37-8-10-41-11-9-37/h2-7,12-14,16H,8-11,17H2,1H3,(H,35,36). The van der Waals surface area contributed by atoms with Crippen molar-refractivity contribution in [3.05, 3.63) is 71.4 Å². The number of nitrogens with zero attached hydrogens (tertiary/aromatic N) is 5. The zero-order valence-corrected chi connectivity index (χ0v) is 23.8. The first-order valence-electron chi connectivity index (χ1n) is 12.7. The van der Waals surface area contributed by atoms with Gasteiger partial charge in [-0.2, -0.15) is 18.4 Å². The van der Waals surface area contributed by atoms with E-state index < -0.39 is 22.7 Å². The first-order chi connectivity index (χ1) is 19.9. The molecule has 42 heavy (non-hydrogen) atoms. The van der Waals surface area contributed by atoms with Crippen LogP contribution in [-0.4, -0.2) is 63.7 Å². The number of anilines is 4. The fraction of sp³-hybridized carbons (Fsp3) is 0.250. The SMILES string of the molecule is CS(=O)(=O)Nc1cnc2cc(-c3ccc(N(CC(F)(F)F)c4cc(Cl)c(N5CCOCC5)c(C#N)c4)cc3)ccc2n1. The van der Waals surface area contributed by atoms with Crippen LogP contribution in [0.3, 0.4) is 0 Å². The molecule has 0 spiro atoms. The van der Waals surface area contributed by atoms with Crippen molar-refractivity contribution >= 4 is 55.5 Å². The molecule has 0 saturated carbocycles. The summed E-state index contributed by atoms with van der Waals surface area (Å²) < 4.78 is 71.8. The largest absolute Gasteiger partial charge is 0.406 e. The highest BCUT2D eigenvalue weighted by Crippen LogP contribution is 2.39. The highest BCUT2D eigenvalue weighted by Gasteiger charge is 2.32. The predicted molar refractivity (Wildman–Crippen MR) is 156 cm³/mol. The monoisotopic (exact) mass is 616 g/mol. The number of ether oxygens (including phenoxy) is 1. The van der Waals surface area contributed by atoms with Crippen molar-refractivity contribution in [2.45, 2.75) is 6.18 Å². The first kappa shape index (κ1) is 29.4. The Morgan fingerprint density at radius 2 is 1.74 bits per heavy atom. The summed E-state index contributed by atoms with van der Waals surface area (Å²) in [7, 11) is -3.51. The van der Waals surface area contributed by atoms with E-state index in [4.69, 9.17) is 16.3 Å². The van der Waals surface area contributed by atoms with Crippen LogP contribution in [0, 0.1) is 11.3 Å². The number of rotatable bonds is 7. The summed E-state index contributed by atoms with van der Waals surface area (Å²) in [6.07, 6.45) is -2.22. The molecular formula is C28H24ClF3N6O3S. The molecular weight excluding hydrogens is 593 g/mol. The lowest BCUT2D eigenvalue weighted by atomic mass is 10.0. The van der Waals surface area contributed by atoms with E-state index in [2.05, 4.69) is 20.8 Å². The smallest absolute Gasteiger partial charge is 0.378 e. The molecule has 0 radical (unpaired) electrons. The molecule has 1 fully saturated rings. The van der Waals surface area contributed by atoms with Crippen molar-refractivity contribution in [3.8, 4) is 17.2 Å². The number of hydrogen-bond acceptors (Lipinski definition) is 8. The third-order valence-corrected chi connectivity index (χ3v) is 7.36. The summed E-state index contributed by atoms with van der Waals surface area (Å²) >= 11 is 6.56. The van der Waals surface area contributed by atoms with E-state index in [9.17, 15) is 26.9 Å². The lowest BCUT2D eigenvalue weighted by Gasteiger charge is -2.32. The maximum absolute atomic E-state index is 13.7. The number of aromatic nitrogens is 2. The highest BCUT2D eigenvalue weighted by molar-refractivity contribution is 7.92. The van der Waals surface area contributed by atoms with Crippen LogP contribution in [-0.2, 0) is 14.8 Å². The number of alkyl halides is 3. The van der Waals surface area contributed by atoms with Crippen LogP contribution in [0.4, 0.5) is 36.1 Å². The molecule has 1 saturated heterocycles. The molecule has 2 heterocycles. The van der Waals surface area contributed by atoms with Gasteiger partial charge >= 0.3 is 6.18 Å². The van der Waals surface area contributed by atoms with E-state index in [1.54, 1.807) is 42.5 Å². The second kappa shape index (κ2) is 11.6. The van der Waals surface area contributed by atoms with Gasteiger partial charge in [0, 0.05) is 24.5 Å². The molecule has 0 atom stereocenters. The molecule has 1 N–H and O–H groups in total. The van der Waals surface area contributed by atoms with Crippen molar-refractivity contribution < 1.29 is 26.3 Å². The van der Waals surface area contributed by atoms with Crippen molar-refractivity contribution in [2.75, 3.05) is 53.6 Å². The van der Waals surface area contributed by atoms with Crippen LogP contribution in [0.2, 0.25) is 5.02 Å². The number of hydrogen-bond donors (Lipinski definition) is 1. The van der Waals surface area contributed by atoms with Crippen LogP contribution in [0.15, 0.2) is 60.8 Å². The summed E-state index contributed by atoms with van der Waals surface area (Å²) in [6.45, 7) is 0.655. The number of nitriles is 1. The van der Waals surface area contributed by atoms with Gasteiger partial charge in [-0.05, 0) is 47.5 Å². The summed E-state index contributed by atoms with van der Waals surface area (Å²) in [5, 5.41) is 10.0. The number of halogens is 4. The molecule has 3 aromatic carbocycles. The minimum absolute atomic E-state index is 0.0875. The van der Waals surface area contributed by atoms with E-state index in [1.165, 1.54) is 18.3 Å². The summed E-state index contributed by atoms with van der Waals surface area (Å²) in [5.41, 5.74) is 3.47. The average molecular weight is 617 g/mol. The van der Waals surface area contributed by atoms with Crippen LogP contribution in [0.5, 0.6) is 0 Å². The van der Waals surface area contributed by atoms with Crippen LogP contribution < -0.4 is 14.5 Å². The Kier molecular flexibility index (Phi) is 8.14. The molecule has 0 aliphatic carbocycles. The second-order valence-electron chi connectivity index (χ2n) is 9.62. The minimum Gasteiger partial charge on any atom is -0.378 e. The fourth-order valence-electron chi connectivity index (χ4n) is 4.71. The summed E-state index contributed by atoms with van der Waals surface area (Å²) in [5.74, 6) is 0.0875. The van der Waals surface area contributed by atoms with Crippen molar-refractivity contribution in [3.63, 3.8) is 0 Å². The maximum Gasteiger partial charge on any atom is 0.406 e. The van der Waals surface area contributed by atoms with Crippen LogP contribution >= 0.6 is 11.6 Å². The minimum atomic E-state index is -4.54. The molecule has 0 amide bonds. The van der Waals surface area contributed by atoms with Gasteiger partial charge in [-0.15, -0.1) is 0 Å². The average Bonchev–Trinajstić information content (AvgIpc) is 2.94. The molecule has 1 aliphatic rings. The number of benzene rings is 3. The lowest BCUT2D eigenvalue weighted by Crippen LogP contribution is -2.37. The second-order valence-corrected chi connectivity index (χ2v) is 11.8. The zero-order chi connectivity index (χ0) is 30.1. The van der Waals surface area contributed by atoms with Gasteiger partial charge in [0.15, 0.2) is 5.82 Å². The van der Waals surface area contributed by atoms with Gasteiger partial charge in [0.25, 0.3) is 0 Å². The maximum atomic E-state index is 13.7. The zero-order valence-electron chi connectivity index (χ0n) is 22.2. The van der Waals surface area contributed by atoms with E-state index in [0.29, 0.717) is 48.6 Å². The molecule has 4 aromatic rings. The molecule has 1 aliphatic heterocycles. The molecule has 14 heteroatoms. The van der Waals surface area contributed by atoms with Gasteiger partial charge in [-0.3, -0.25) is 9.71 Å². The van der Waals surface area contributed by atoms with Gasteiger partial charge in [0.05, 0.1) is 53.0 Å². The molecule has 0 unspecified atom stereocenters. The number of nitrogens with one attached hydrogen (secondary N) is 1. The fourth-order valence-corrected chi connectivity index (χ4v) is 5.52. The Labute approximate surface area is 245 Å². The first-order valence-corrected chi connectivity index (χ1v) is 14.9. The Morgan fingerprint density at radius 1 is 1.05 bits per heavy atom. The Bertz CT molecular complexity index is 1770. The molecule has 218 valence electrons. The van der Waals surface area contributed by atoms with Crippen molar-refractivity contribution in [2.24, 2.45) is 0 Å². The third kappa shape index (κ3) is 6.84. The van der Waals surface area contributed by atoms with Crippen molar-refractivity contribution in [1.29, 1.82) is 5.26 Å². The van der Waals surface area contributed by atoms with E-state index in [1.807, 2.05) is 4.90 Å². The van der Waals surface area contributed by atoms with E-state index in [-0.39, 0.29) is 27.8 Å². The summed E-state index contributed by atoms with van der Waals surface area (Å²) in [4.78, 5) is 11.5. The van der Waals surface area contributed by atoms with Crippen LogP contribution in [0.25, 0.3) is 22.2 Å². The van der Waals surface area contributed by atoms with Gasteiger partial charge in [0.2, 0.25) is 10.0 Å². The quantitative estimate of drug-likeness (QED) is 0.280. The molecule has 0 bridgehead atoms.